The Labute approximate surface area is 100 Å². The quantitative estimate of drug-likeness (QED) is 0.764. The van der Waals surface area contributed by atoms with E-state index >= 15 is 0 Å². The van der Waals surface area contributed by atoms with Gasteiger partial charge in [0, 0.05) is 6.04 Å². The zero-order valence-electron chi connectivity index (χ0n) is 11.1. The standard InChI is InChI=1S/C15H25N/c1-5-13-8-6-7-9-14(13)15(16-4)11-10-12(2)3/h6-9,12,15-16H,5,10-11H2,1-4H3. The zero-order chi connectivity index (χ0) is 12.0. The fraction of sp³-hybridized carbons (Fsp3) is 0.600. The van der Waals surface area contributed by atoms with Crippen LogP contribution in [0.4, 0.5) is 0 Å². The van der Waals surface area contributed by atoms with Gasteiger partial charge in [0.15, 0.2) is 0 Å². The van der Waals surface area contributed by atoms with Gasteiger partial charge in [-0.25, -0.2) is 0 Å². The van der Waals surface area contributed by atoms with E-state index in [-0.39, 0.29) is 0 Å². The van der Waals surface area contributed by atoms with Crippen LogP contribution in [0.15, 0.2) is 24.3 Å². The molecule has 0 aliphatic heterocycles. The first kappa shape index (κ1) is 13.2. The van der Waals surface area contributed by atoms with E-state index in [1.54, 1.807) is 0 Å². The van der Waals surface area contributed by atoms with Gasteiger partial charge in [-0.05, 0) is 43.4 Å². The van der Waals surface area contributed by atoms with Crippen molar-refractivity contribution in [2.45, 2.75) is 46.1 Å². The number of hydrogen-bond acceptors (Lipinski definition) is 1. The SMILES string of the molecule is CCc1ccccc1C(CCC(C)C)NC. The van der Waals surface area contributed by atoms with Crippen molar-refractivity contribution in [3.05, 3.63) is 35.4 Å². The maximum absolute atomic E-state index is 3.45. The third-order valence-corrected chi connectivity index (χ3v) is 3.19. The summed E-state index contributed by atoms with van der Waals surface area (Å²) < 4.78 is 0. The number of hydrogen-bond donors (Lipinski definition) is 1. The molecule has 1 aromatic carbocycles. The highest BCUT2D eigenvalue weighted by atomic mass is 14.9. The van der Waals surface area contributed by atoms with Gasteiger partial charge in [0.05, 0.1) is 0 Å². The van der Waals surface area contributed by atoms with Crippen molar-refractivity contribution in [3.63, 3.8) is 0 Å². The van der Waals surface area contributed by atoms with Crippen LogP contribution >= 0.6 is 0 Å². The van der Waals surface area contributed by atoms with Gasteiger partial charge >= 0.3 is 0 Å². The molecule has 0 aromatic heterocycles. The molecule has 0 fully saturated rings. The summed E-state index contributed by atoms with van der Waals surface area (Å²) in [5.74, 6) is 0.782. The first-order valence-corrected chi connectivity index (χ1v) is 6.44. The lowest BCUT2D eigenvalue weighted by molar-refractivity contribution is 0.463. The normalized spacial score (nSPS) is 13.1. The molecule has 0 saturated heterocycles. The van der Waals surface area contributed by atoms with Gasteiger partial charge in [-0.15, -0.1) is 0 Å². The maximum Gasteiger partial charge on any atom is 0.0320 e. The number of benzene rings is 1. The van der Waals surface area contributed by atoms with Crippen molar-refractivity contribution in [3.8, 4) is 0 Å². The Kier molecular flexibility index (Phi) is 5.54. The van der Waals surface area contributed by atoms with Crippen LogP contribution in [0.1, 0.15) is 50.8 Å². The van der Waals surface area contributed by atoms with Crippen LogP contribution in [0.2, 0.25) is 0 Å². The largest absolute Gasteiger partial charge is 0.313 e. The highest BCUT2D eigenvalue weighted by molar-refractivity contribution is 5.29. The average Bonchev–Trinajstić information content (AvgIpc) is 2.30. The lowest BCUT2D eigenvalue weighted by atomic mass is 9.93. The molecule has 0 bridgehead atoms. The van der Waals surface area contributed by atoms with E-state index in [0.717, 1.165) is 12.3 Å². The van der Waals surface area contributed by atoms with Gasteiger partial charge in [-0.3, -0.25) is 0 Å². The molecule has 16 heavy (non-hydrogen) atoms. The fourth-order valence-corrected chi connectivity index (χ4v) is 2.15. The summed E-state index contributed by atoms with van der Waals surface area (Å²) >= 11 is 0. The Morgan fingerprint density at radius 1 is 1.12 bits per heavy atom. The van der Waals surface area contributed by atoms with E-state index in [1.807, 2.05) is 0 Å². The molecular formula is C15H25N. The summed E-state index contributed by atoms with van der Waals surface area (Å²) in [6.07, 6.45) is 3.63. The molecule has 1 rings (SSSR count). The lowest BCUT2D eigenvalue weighted by Crippen LogP contribution is -2.18. The number of nitrogens with one attached hydrogen (secondary N) is 1. The van der Waals surface area contributed by atoms with Gasteiger partial charge in [-0.1, -0.05) is 45.0 Å². The second kappa shape index (κ2) is 6.70. The van der Waals surface area contributed by atoms with Crippen LogP contribution < -0.4 is 5.32 Å². The van der Waals surface area contributed by atoms with Gasteiger partial charge in [0.2, 0.25) is 0 Å². The van der Waals surface area contributed by atoms with Crippen molar-refractivity contribution >= 4 is 0 Å². The minimum absolute atomic E-state index is 0.513. The second-order valence-electron chi connectivity index (χ2n) is 4.86. The highest BCUT2D eigenvalue weighted by Crippen LogP contribution is 2.24. The third-order valence-electron chi connectivity index (χ3n) is 3.19. The molecule has 0 amide bonds. The average molecular weight is 219 g/mol. The van der Waals surface area contributed by atoms with E-state index in [2.05, 4.69) is 57.4 Å². The third kappa shape index (κ3) is 3.64. The zero-order valence-corrected chi connectivity index (χ0v) is 11.1. The topological polar surface area (TPSA) is 12.0 Å². The Hall–Kier alpha value is -0.820. The van der Waals surface area contributed by atoms with Crippen molar-refractivity contribution in [1.29, 1.82) is 0 Å². The molecule has 0 saturated carbocycles. The van der Waals surface area contributed by atoms with Crippen LogP contribution in [0, 0.1) is 5.92 Å². The Bertz CT molecular complexity index is 304. The molecule has 0 heterocycles. The van der Waals surface area contributed by atoms with Crippen LogP contribution in [-0.2, 0) is 6.42 Å². The molecule has 0 aliphatic carbocycles. The summed E-state index contributed by atoms with van der Waals surface area (Å²) in [6, 6.07) is 9.31. The summed E-state index contributed by atoms with van der Waals surface area (Å²) in [5, 5.41) is 3.45. The molecule has 1 unspecified atom stereocenters. The predicted molar refractivity (Wildman–Crippen MR) is 71.7 cm³/mol. The van der Waals surface area contributed by atoms with E-state index in [0.29, 0.717) is 6.04 Å². The fourth-order valence-electron chi connectivity index (χ4n) is 2.15. The highest BCUT2D eigenvalue weighted by Gasteiger charge is 2.12. The molecule has 90 valence electrons. The Morgan fingerprint density at radius 3 is 2.38 bits per heavy atom. The molecule has 0 spiro atoms. The summed E-state index contributed by atoms with van der Waals surface area (Å²) in [7, 11) is 2.07. The predicted octanol–water partition coefficient (Wildman–Crippen LogP) is 3.95. The van der Waals surface area contributed by atoms with E-state index < -0.39 is 0 Å². The van der Waals surface area contributed by atoms with Gasteiger partial charge in [0.1, 0.15) is 0 Å². The van der Waals surface area contributed by atoms with Gasteiger partial charge in [0.25, 0.3) is 0 Å². The van der Waals surface area contributed by atoms with Crippen molar-refractivity contribution < 1.29 is 0 Å². The van der Waals surface area contributed by atoms with Crippen LogP contribution in [0.25, 0.3) is 0 Å². The summed E-state index contributed by atoms with van der Waals surface area (Å²) in [4.78, 5) is 0. The first-order chi connectivity index (χ1) is 7.69. The van der Waals surface area contributed by atoms with Crippen LogP contribution in [-0.4, -0.2) is 7.05 Å². The second-order valence-corrected chi connectivity index (χ2v) is 4.86. The lowest BCUT2D eigenvalue weighted by Gasteiger charge is -2.20. The number of rotatable bonds is 6. The Balaban J connectivity index is 2.77. The van der Waals surface area contributed by atoms with E-state index in [4.69, 9.17) is 0 Å². The molecule has 1 N–H and O–H groups in total. The summed E-state index contributed by atoms with van der Waals surface area (Å²) in [6.45, 7) is 6.81. The van der Waals surface area contributed by atoms with E-state index in [1.165, 1.54) is 24.0 Å². The van der Waals surface area contributed by atoms with Gasteiger partial charge < -0.3 is 5.32 Å². The molecule has 1 nitrogen and oxygen atoms in total. The smallest absolute Gasteiger partial charge is 0.0320 e. The maximum atomic E-state index is 3.45. The van der Waals surface area contributed by atoms with E-state index in [9.17, 15) is 0 Å². The first-order valence-electron chi connectivity index (χ1n) is 6.44. The Morgan fingerprint density at radius 2 is 1.81 bits per heavy atom. The minimum atomic E-state index is 0.513. The summed E-state index contributed by atoms with van der Waals surface area (Å²) in [5.41, 5.74) is 2.96. The van der Waals surface area contributed by atoms with Crippen LogP contribution in [0.3, 0.4) is 0 Å². The van der Waals surface area contributed by atoms with Gasteiger partial charge in [-0.2, -0.15) is 0 Å². The molecule has 0 radical (unpaired) electrons. The molecule has 1 aromatic rings. The van der Waals surface area contributed by atoms with Crippen molar-refractivity contribution in [1.82, 2.24) is 5.32 Å². The molecule has 0 aliphatic rings. The van der Waals surface area contributed by atoms with Crippen LogP contribution in [0.5, 0.6) is 0 Å². The monoisotopic (exact) mass is 219 g/mol. The van der Waals surface area contributed by atoms with Crippen molar-refractivity contribution in [2.24, 2.45) is 5.92 Å². The minimum Gasteiger partial charge on any atom is -0.313 e. The molecular weight excluding hydrogens is 194 g/mol. The molecule has 1 atom stereocenters. The number of aryl methyl sites for hydroxylation is 1. The van der Waals surface area contributed by atoms with Crippen molar-refractivity contribution in [2.75, 3.05) is 7.05 Å². The molecule has 1 heteroatoms.